The summed E-state index contributed by atoms with van der Waals surface area (Å²) in [5, 5.41) is 19.7. The Morgan fingerprint density at radius 2 is 1.68 bits per heavy atom. The number of hydrazone groups is 1. The van der Waals surface area contributed by atoms with E-state index in [9.17, 15) is 23.1 Å². The molecule has 0 aliphatic carbocycles. The van der Waals surface area contributed by atoms with Gasteiger partial charge in [0.15, 0.2) is 0 Å². The van der Waals surface area contributed by atoms with E-state index in [1.807, 2.05) is 12.1 Å². The van der Waals surface area contributed by atoms with Crippen LogP contribution in [-0.2, 0) is 26.7 Å². The van der Waals surface area contributed by atoms with E-state index in [0.717, 1.165) is 40.2 Å². The Morgan fingerprint density at radius 3 is 2.32 bits per heavy atom. The molecule has 5 rings (SSSR count). The molecule has 4 N–H and O–H groups in total. The third-order valence-corrected chi connectivity index (χ3v) is 11.3. The average molecular weight is 695 g/mol. The van der Waals surface area contributed by atoms with Crippen LogP contribution in [0.5, 0.6) is 5.75 Å². The molecule has 1 atom stereocenters. The molecule has 4 aromatic rings. The minimum absolute atomic E-state index is 0.0281. The summed E-state index contributed by atoms with van der Waals surface area (Å²) < 4.78 is 33.2. The van der Waals surface area contributed by atoms with Gasteiger partial charge in [-0.1, -0.05) is 57.2 Å². The summed E-state index contributed by atoms with van der Waals surface area (Å²) in [5.41, 5.74) is 6.32. The highest BCUT2D eigenvalue weighted by Gasteiger charge is 2.21. The molecule has 13 heteroatoms. The van der Waals surface area contributed by atoms with Crippen molar-refractivity contribution in [2.45, 2.75) is 63.5 Å². The fourth-order valence-electron chi connectivity index (χ4n) is 4.91. The van der Waals surface area contributed by atoms with E-state index in [-0.39, 0.29) is 41.2 Å². The van der Waals surface area contributed by atoms with Crippen LogP contribution in [0.2, 0.25) is 0 Å². The Balaban J connectivity index is 1.13. The standard InChI is InChI=1S/C34H38N4O6S3/c1-21(27-20-45-31(30(27)39)23-9-11-24(12-10-23)34(2,3)4)37-38-33(41)29-16-15-28(46-29)32(40)35-18-22-7-13-26(14-8-22)47(42,43)36-19-25-6-5-17-44-25/h7-16,20,25,36,39H,5-6,17-19H2,1-4H3,(H,35,40)(H,38,41)/b37-21+. The number of rotatable bonds is 11. The summed E-state index contributed by atoms with van der Waals surface area (Å²) in [4.78, 5) is 27.0. The van der Waals surface area contributed by atoms with Crippen LogP contribution in [0.1, 0.15) is 76.6 Å². The Labute approximate surface area is 282 Å². The number of nitrogens with zero attached hydrogens (tertiary/aromatic N) is 1. The molecule has 47 heavy (non-hydrogen) atoms. The van der Waals surface area contributed by atoms with Crippen molar-refractivity contribution in [3.63, 3.8) is 0 Å². The maximum Gasteiger partial charge on any atom is 0.281 e. The predicted octanol–water partition coefficient (Wildman–Crippen LogP) is 6.02. The molecule has 1 fully saturated rings. The number of ether oxygens (including phenoxy) is 1. The summed E-state index contributed by atoms with van der Waals surface area (Å²) in [6.45, 7) is 9.21. The van der Waals surface area contributed by atoms with E-state index in [0.29, 0.717) is 27.6 Å². The minimum Gasteiger partial charge on any atom is -0.506 e. The molecule has 0 bridgehead atoms. The lowest BCUT2D eigenvalue weighted by atomic mass is 9.86. The van der Waals surface area contributed by atoms with Gasteiger partial charge in [-0.15, -0.1) is 22.7 Å². The molecule has 0 spiro atoms. The van der Waals surface area contributed by atoms with Crippen LogP contribution in [0.25, 0.3) is 10.4 Å². The normalized spacial score (nSPS) is 15.5. The number of carbonyl (C=O) groups is 2. The summed E-state index contributed by atoms with van der Waals surface area (Å²) in [7, 11) is -3.66. The van der Waals surface area contributed by atoms with E-state index < -0.39 is 15.9 Å². The lowest BCUT2D eigenvalue weighted by molar-refractivity contribution is 0.0950. The molecular weight excluding hydrogens is 657 g/mol. The summed E-state index contributed by atoms with van der Waals surface area (Å²) >= 11 is 2.42. The molecule has 1 unspecified atom stereocenters. The third-order valence-electron chi connectivity index (χ3n) is 7.76. The highest BCUT2D eigenvalue weighted by atomic mass is 32.2. The van der Waals surface area contributed by atoms with Crippen molar-refractivity contribution in [2.24, 2.45) is 5.10 Å². The first-order valence-electron chi connectivity index (χ1n) is 15.2. The Kier molecular flexibility index (Phi) is 10.6. The maximum absolute atomic E-state index is 12.8. The van der Waals surface area contributed by atoms with Crippen molar-refractivity contribution in [1.29, 1.82) is 0 Å². The second-order valence-corrected chi connectivity index (χ2v) is 16.0. The lowest BCUT2D eigenvalue weighted by Crippen LogP contribution is -2.31. The molecule has 2 aromatic heterocycles. The SMILES string of the molecule is C/C(=N\NC(=O)c1ccc(C(=O)NCc2ccc(S(=O)(=O)NCC3CCCO3)cc2)s1)c1csc(-c2ccc(C(C)(C)C)cc2)c1O. The highest BCUT2D eigenvalue weighted by molar-refractivity contribution is 7.89. The molecule has 2 amide bonds. The molecule has 1 saturated heterocycles. The minimum atomic E-state index is -3.66. The van der Waals surface area contributed by atoms with E-state index in [1.165, 1.54) is 29.0 Å². The van der Waals surface area contributed by atoms with Crippen molar-refractivity contribution in [2.75, 3.05) is 13.2 Å². The molecule has 10 nitrogen and oxygen atoms in total. The van der Waals surface area contributed by atoms with Crippen LogP contribution in [0.4, 0.5) is 0 Å². The van der Waals surface area contributed by atoms with Gasteiger partial charge in [-0.2, -0.15) is 5.10 Å². The number of sulfonamides is 1. The topological polar surface area (TPSA) is 146 Å². The fourth-order valence-corrected chi connectivity index (χ4v) is 7.80. The van der Waals surface area contributed by atoms with Crippen LogP contribution >= 0.6 is 22.7 Å². The van der Waals surface area contributed by atoms with Gasteiger partial charge in [-0.05, 0) is 66.1 Å². The van der Waals surface area contributed by atoms with Crippen LogP contribution < -0.4 is 15.5 Å². The van der Waals surface area contributed by atoms with Gasteiger partial charge in [0, 0.05) is 25.1 Å². The predicted molar refractivity (Wildman–Crippen MR) is 186 cm³/mol. The maximum atomic E-state index is 12.8. The zero-order valence-corrected chi connectivity index (χ0v) is 29.1. The summed E-state index contributed by atoms with van der Waals surface area (Å²) in [6.07, 6.45) is 1.66. The molecular formula is C34H38N4O6S3. The quantitative estimate of drug-likeness (QED) is 0.112. The molecule has 1 aliphatic rings. The van der Waals surface area contributed by atoms with Crippen molar-refractivity contribution >= 4 is 50.2 Å². The number of hydrogen-bond acceptors (Lipinski definition) is 9. The van der Waals surface area contributed by atoms with Crippen LogP contribution in [0.15, 0.2) is 76.0 Å². The number of amides is 2. The number of thiophene rings is 2. The van der Waals surface area contributed by atoms with Gasteiger partial charge >= 0.3 is 0 Å². The highest BCUT2D eigenvalue weighted by Crippen LogP contribution is 2.39. The van der Waals surface area contributed by atoms with Gasteiger partial charge in [-0.25, -0.2) is 18.6 Å². The van der Waals surface area contributed by atoms with Crippen LogP contribution in [-0.4, -0.2) is 50.3 Å². The third kappa shape index (κ3) is 8.54. The number of aromatic hydroxyl groups is 1. The number of carbonyl (C=O) groups excluding carboxylic acids is 2. The van der Waals surface area contributed by atoms with Gasteiger partial charge in [0.2, 0.25) is 10.0 Å². The van der Waals surface area contributed by atoms with E-state index in [2.05, 4.69) is 53.5 Å². The van der Waals surface area contributed by atoms with Crippen LogP contribution in [0.3, 0.4) is 0 Å². The first kappa shape index (κ1) is 34.5. The van der Waals surface area contributed by atoms with Gasteiger partial charge in [0.25, 0.3) is 11.8 Å². The zero-order chi connectivity index (χ0) is 33.8. The van der Waals surface area contributed by atoms with Gasteiger partial charge in [-0.3, -0.25) is 9.59 Å². The monoisotopic (exact) mass is 694 g/mol. The molecule has 0 saturated carbocycles. The van der Waals surface area contributed by atoms with Crippen molar-refractivity contribution in [3.8, 4) is 16.2 Å². The first-order valence-corrected chi connectivity index (χ1v) is 18.3. The van der Waals surface area contributed by atoms with Crippen LogP contribution in [0, 0.1) is 0 Å². The van der Waals surface area contributed by atoms with Crippen molar-refractivity contribution in [3.05, 3.63) is 92.5 Å². The Bertz CT molecular complexity index is 1870. The molecule has 1 aliphatic heterocycles. The van der Waals surface area contributed by atoms with E-state index in [4.69, 9.17) is 4.74 Å². The Morgan fingerprint density at radius 1 is 1.00 bits per heavy atom. The van der Waals surface area contributed by atoms with Gasteiger partial charge in [0.05, 0.1) is 36.9 Å². The second-order valence-electron chi connectivity index (χ2n) is 12.3. The zero-order valence-electron chi connectivity index (χ0n) is 26.6. The van der Waals surface area contributed by atoms with E-state index in [1.54, 1.807) is 36.6 Å². The smallest absolute Gasteiger partial charge is 0.281 e. The number of benzene rings is 2. The van der Waals surface area contributed by atoms with Gasteiger partial charge in [0.1, 0.15) is 5.75 Å². The van der Waals surface area contributed by atoms with Gasteiger partial charge < -0.3 is 15.2 Å². The Hall–Kier alpha value is -3.88. The second kappa shape index (κ2) is 14.5. The molecule has 2 aromatic carbocycles. The van der Waals surface area contributed by atoms with Crippen molar-refractivity contribution in [1.82, 2.24) is 15.5 Å². The largest absolute Gasteiger partial charge is 0.506 e. The molecule has 248 valence electrons. The number of hydrogen-bond donors (Lipinski definition) is 4. The summed E-state index contributed by atoms with van der Waals surface area (Å²) in [5.74, 6) is -0.743. The summed E-state index contributed by atoms with van der Waals surface area (Å²) in [6, 6.07) is 17.5. The first-order chi connectivity index (χ1) is 22.3. The van der Waals surface area contributed by atoms with E-state index >= 15 is 0 Å². The fraction of sp³-hybridized carbons (Fsp3) is 0.324. The van der Waals surface area contributed by atoms with Crippen molar-refractivity contribution < 1.29 is 27.9 Å². The molecule has 0 radical (unpaired) electrons. The number of nitrogens with one attached hydrogen (secondary N) is 3. The average Bonchev–Trinajstić information content (AvgIpc) is 3.83. The molecule has 3 heterocycles. The lowest BCUT2D eigenvalue weighted by Gasteiger charge is -2.19.